The summed E-state index contributed by atoms with van der Waals surface area (Å²) in [4.78, 5) is 15.5. The van der Waals surface area contributed by atoms with Crippen LogP contribution in [0.5, 0.6) is 0 Å². The molecule has 0 radical (unpaired) electrons. The van der Waals surface area contributed by atoms with Gasteiger partial charge in [0.2, 0.25) is 0 Å². The van der Waals surface area contributed by atoms with Crippen LogP contribution in [0, 0.1) is 0 Å². The average Bonchev–Trinajstić information content (AvgIpc) is 3.88. The largest absolute Gasteiger partial charge is 0.208 e. The van der Waals surface area contributed by atoms with Crippen molar-refractivity contribution in [3.63, 3.8) is 0 Å². The standard InChI is InChI=1S/C64H39N3/c1-3-16-40(17-4-1)41-30-32-43(33-31-41)62-65-61(42-18-5-2-6-19-42)66-63(67-62)45-35-37-54-55(38-45)48-21-8-7-20-47(48)53-26-15-25-46(60(53)54)44-34-36-52-51-24-11-14-29-58(51)64(59(52)39-44)56-27-12-9-22-49(56)50-23-10-13-28-57(50)64/h1-39H. The molecule has 0 N–H and O–H groups in total. The number of fused-ring (bicyclic) bond motifs is 16. The van der Waals surface area contributed by atoms with Crippen LogP contribution in [-0.4, -0.2) is 15.0 Å². The summed E-state index contributed by atoms with van der Waals surface area (Å²) >= 11 is 0. The fourth-order valence-corrected chi connectivity index (χ4v) is 11.4. The minimum absolute atomic E-state index is 0.421. The first kappa shape index (κ1) is 37.6. The third-order valence-corrected chi connectivity index (χ3v) is 14.3. The number of hydrogen-bond donors (Lipinski definition) is 0. The second-order valence-electron chi connectivity index (χ2n) is 17.8. The van der Waals surface area contributed by atoms with Crippen LogP contribution in [0.15, 0.2) is 237 Å². The smallest absolute Gasteiger partial charge is 0.164 e. The maximum absolute atomic E-state index is 5.21. The lowest BCUT2D eigenvalue weighted by Crippen LogP contribution is -2.25. The number of rotatable bonds is 5. The van der Waals surface area contributed by atoms with E-state index in [-0.39, 0.29) is 0 Å². The zero-order valence-electron chi connectivity index (χ0n) is 36.4. The Morgan fingerprint density at radius 3 is 1.25 bits per heavy atom. The molecule has 0 fully saturated rings. The second kappa shape index (κ2) is 14.6. The van der Waals surface area contributed by atoms with E-state index < -0.39 is 5.41 Å². The Morgan fingerprint density at radius 2 is 0.627 bits per heavy atom. The van der Waals surface area contributed by atoms with E-state index >= 15 is 0 Å². The molecule has 0 unspecified atom stereocenters. The number of hydrogen-bond acceptors (Lipinski definition) is 3. The molecule has 310 valence electrons. The van der Waals surface area contributed by atoms with Gasteiger partial charge < -0.3 is 0 Å². The summed E-state index contributed by atoms with van der Waals surface area (Å²) in [7, 11) is 0. The minimum Gasteiger partial charge on any atom is -0.208 e. The summed E-state index contributed by atoms with van der Waals surface area (Å²) in [6.45, 7) is 0. The zero-order valence-corrected chi connectivity index (χ0v) is 36.4. The van der Waals surface area contributed by atoms with Crippen molar-refractivity contribution in [1.82, 2.24) is 15.0 Å². The van der Waals surface area contributed by atoms with Crippen molar-refractivity contribution >= 4 is 32.3 Å². The molecule has 3 heteroatoms. The molecule has 3 nitrogen and oxygen atoms in total. The van der Waals surface area contributed by atoms with E-state index in [4.69, 9.17) is 15.0 Å². The molecule has 1 heterocycles. The van der Waals surface area contributed by atoms with Gasteiger partial charge in [-0.25, -0.2) is 15.0 Å². The van der Waals surface area contributed by atoms with Crippen molar-refractivity contribution in [2.75, 3.05) is 0 Å². The molecule has 14 rings (SSSR count). The maximum Gasteiger partial charge on any atom is 0.164 e. The van der Waals surface area contributed by atoms with Crippen LogP contribution in [-0.2, 0) is 5.41 Å². The van der Waals surface area contributed by atoms with Crippen LogP contribution in [0.3, 0.4) is 0 Å². The van der Waals surface area contributed by atoms with Gasteiger partial charge in [-0.05, 0) is 111 Å². The van der Waals surface area contributed by atoms with Crippen molar-refractivity contribution < 1.29 is 0 Å². The zero-order chi connectivity index (χ0) is 44.1. The average molecular weight is 850 g/mol. The van der Waals surface area contributed by atoms with Crippen molar-refractivity contribution in [2.45, 2.75) is 5.41 Å². The first-order valence-electron chi connectivity index (χ1n) is 23.0. The molecule has 2 aliphatic rings. The molecule has 0 saturated heterocycles. The lowest BCUT2D eigenvalue weighted by Gasteiger charge is -2.30. The highest BCUT2D eigenvalue weighted by Gasteiger charge is 2.51. The summed E-state index contributed by atoms with van der Waals surface area (Å²) < 4.78 is 0. The molecule has 2 aliphatic carbocycles. The third-order valence-electron chi connectivity index (χ3n) is 14.3. The van der Waals surface area contributed by atoms with Crippen molar-refractivity contribution in [2.24, 2.45) is 0 Å². The van der Waals surface area contributed by atoms with Crippen LogP contribution in [0.4, 0.5) is 0 Å². The van der Waals surface area contributed by atoms with Crippen molar-refractivity contribution in [3.05, 3.63) is 259 Å². The Hall–Kier alpha value is -8.79. The topological polar surface area (TPSA) is 38.7 Å². The maximum atomic E-state index is 5.21. The van der Waals surface area contributed by atoms with Gasteiger partial charge in [-0.3, -0.25) is 0 Å². The number of aromatic nitrogens is 3. The predicted octanol–water partition coefficient (Wildman–Crippen LogP) is 16.0. The van der Waals surface area contributed by atoms with E-state index in [1.54, 1.807) is 0 Å². The van der Waals surface area contributed by atoms with E-state index in [0.717, 1.165) is 27.6 Å². The van der Waals surface area contributed by atoms with Gasteiger partial charge in [-0.15, -0.1) is 0 Å². The number of nitrogens with zero attached hydrogens (tertiary/aromatic N) is 3. The van der Waals surface area contributed by atoms with E-state index in [9.17, 15) is 0 Å². The van der Waals surface area contributed by atoms with Crippen LogP contribution in [0.1, 0.15) is 22.3 Å². The van der Waals surface area contributed by atoms with Gasteiger partial charge in [-0.2, -0.15) is 0 Å². The molecular weight excluding hydrogens is 811 g/mol. The highest BCUT2D eigenvalue weighted by molar-refractivity contribution is 6.29. The summed E-state index contributed by atoms with van der Waals surface area (Å²) in [6, 6.07) is 85.9. The molecular formula is C64H39N3. The van der Waals surface area contributed by atoms with Gasteiger partial charge >= 0.3 is 0 Å². The highest BCUT2D eigenvalue weighted by Crippen LogP contribution is 2.63. The van der Waals surface area contributed by atoms with E-state index in [1.807, 2.05) is 24.3 Å². The van der Waals surface area contributed by atoms with Crippen LogP contribution >= 0.6 is 0 Å². The van der Waals surface area contributed by atoms with Gasteiger partial charge in [0, 0.05) is 16.7 Å². The normalized spacial score (nSPS) is 12.9. The van der Waals surface area contributed by atoms with Gasteiger partial charge in [-0.1, -0.05) is 224 Å². The monoisotopic (exact) mass is 849 g/mol. The fourth-order valence-electron chi connectivity index (χ4n) is 11.4. The van der Waals surface area contributed by atoms with Crippen molar-refractivity contribution in [1.29, 1.82) is 0 Å². The quantitative estimate of drug-likeness (QED) is 0.162. The molecule has 11 aromatic carbocycles. The Kier molecular flexibility index (Phi) is 8.20. The third kappa shape index (κ3) is 5.55. The molecule has 0 amide bonds. The molecule has 1 spiro atoms. The van der Waals surface area contributed by atoms with E-state index in [1.165, 1.54) is 88.1 Å². The molecule has 0 atom stereocenters. The predicted molar refractivity (Wildman–Crippen MR) is 276 cm³/mol. The first-order valence-corrected chi connectivity index (χ1v) is 23.0. The summed E-state index contributed by atoms with van der Waals surface area (Å²) in [5.41, 5.74) is 17.7. The summed E-state index contributed by atoms with van der Waals surface area (Å²) in [5.74, 6) is 1.91. The SMILES string of the molecule is c1ccc(-c2ccc(-c3nc(-c4ccccc4)nc(-c4ccc5c(c4)c4ccccc4c4cccc(-c6ccc7c(c6)C6(c8ccccc8-c8ccccc86)c6ccccc6-7)c45)n3)cc2)cc1. The Bertz CT molecular complexity index is 3900. The Morgan fingerprint density at radius 1 is 0.224 bits per heavy atom. The number of benzene rings is 11. The molecule has 1 aromatic heterocycles. The highest BCUT2D eigenvalue weighted by atomic mass is 15.0. The van der Waals surface area contributed by atoms with Gasteiger partial charge in [0.1, 0.15) is 0 Å². The second-order valence-corrected chi connectivity index (χ2v) is 17.8. The molecule has 67 heavy (non-hydrogen) atoms. The van der Waals surface area contributed by atoms with Gasteiger partial charge in [0.05, 0.1) is 5.41 Å². The van der Waals surface area contributed by atoms with Crippen LogP contribution < -0.4 is 0 Å². The lowest BCUT2D eigenvalue weighted by atomic mass is 9.70. The van der Waals surface area contributed by atoms with Crippen LogP contribution in [0.2, 0.25) is 0 Å². The summed E-state index contributed by atoms with van der Waals surface area (Å²) in [6.07, 6.45) is 0. The Balaban J connectivity index is 0.971. The van der Waals surface area contributed by atoms with E-state index in [2.05, 4.69) is 212 Å². The fraction of sp³-hybridized carbons (Fsp3) is 0.0156. The molecule has 0 aliphatic heterocycles. The van der Waals surface area contributed by atoms with Gasteiger partial charge in [0.25, 0.3) is 0 Å². The molecule has 0 bridgehead atoms. The van der Waals surface area contributed by atoms with Crippen molar-refractivity contribution in [3.8, 4) is 78.7 Å². The first-order chi connectivity index (χ1) is 33.2. The van der Waals surface area contributed by atoms with Crippen LogP contribution in [0.25, 0.3) is 111 Å². The Labute approximate surface area is 388 Å². The van der Waals surface area contributed by atoms with Gasteiger partial charge in [0.15, 0.2) is 17.5 Å². The molecule has 0 saturated carbocycles. The minimum atomic E-state index is -0.421. The summed E-state index contributed by atoms with van der Waals surface area (Å²) in [5, 5.41) is 7.23. The lowest BCUT2D eigenvalue weighted by molar-refractivity contribution is 0.794. The van der Waals surface area contributed by atoms with E-state index in [0.29, 0.717) is 17.5 Å². The molecule has 12 aromatic rings.